The minimum atomic E-state index is -0.681. The van der Waals surface area contributed by atoms with Crippen LogP contribution in [0.15, 0.2) is 42.5 Å². The molecule has 2 rings (SSSR count). The van der Waals surface area contributed by atoms with Gasteiger partial charge in [-0.05, 0) is 30.3 Å². The predicted octanol–water partition coefficient (Wildman–Crippen LogP) is 3.26. The summed E-state index contributed by atoms with van der Waals surface area (Å²) in [5.41, 5.74) is 0.933. The summed E-state index contributed by atoms with van der Waals surface area (Å²) in [6, 6.07) is 9.60. The summed E-state index contributed by atoms with van der Waals surface area (Å²) in [7, 11) is 1.73. The van der Waals surface area contributed by atoms with E-state index in [0.29, 0.717) is 5.56 Å². The zero-order valence-corrected chi connectivity index (χ0v) is 10.2. The summed E-state index contributed by atoms with van der Waals surface area (Å²) in [6.07, 6.45) is 0. The van der Waals surface area contributed by atoms with Crippen LogP contribution in [0.4, 0.5) is 20.2 Å². The van der Waals surface area contributed by atoms with E-state index in [1.807, 2.05) is 0 Å². The van der Waals surface area contributed by atoms with Gasteiger partial charge in [0.2, 0.25) is 0 Å². The van der Waals surface area contributed by atoms with Crippen molar-refractivity contribution < 1.29 is 13.6 Å². The van der Waals surface area contributed by atoms with Crippen LogP contribution < -0.4 is 10.6 Å². The van der Waals surface area contributed by atoms with Crippen molar-refractivity contribution in [3.05, 3.63) is 59.7 Å². The molecule has 0 saturated heterocycles. The first-order chi connectivity index (χ1) is 9.10. The highest BCUT2D eigenvalue weighted by atomic mass is 19.1. The first-order valence-electron chi connectivity index (χ1n) is 5.64. The normalized spacial score (nSPS) is 10.1. The van der Waals surface area contributed by atoms with Gasteiger partial charge in [0.25, 0.3) is 5.91 Å². The van der Waals surface area contributed by atoms with E-state index in [4.69, 9.17) is 0 Å². The number of halogens is 2. The number of hydrogen-bond donors (Lipinski definition) is 2. The van der Waals surface area contributed by atoms with Crippen LogP contribution in [0.2, 0.25) is 0 Å². The molecule has 2 aromatic carbocycles. The topological polar surface area (TPSA) is 41.1 Å². The van der Waals surface area contributed by atoms with Crippen LogP contribution in [0.25, 0.3) is 0 Å². The highest BCUT2D eigenvalue weighted by Crippen LogP contribution is 2.17. The molecule has 5 heteroatoms. The van der Waals surface area contributed by atoms with Crippen molar-refractivity contribution in [2.24, 2.45) is 0 Å². The standard InChI is InChI=1S/C14H12F2N2O/c1-17-11-4-2-3-9(7-11)14(19)18-13-8-10(15)5-6-12(13)16/h2-8,17H,1H3,(H,18,19). The molecule has 2 N–H and O–H groups in total. The van der Waals surface area contributed by atoms with Crippen LogP contribution >= 0.6 is 0 Å². The quantitative estimate of drug-likeness (QED) is 0.891. The Kier molecular flexibility index (Phi) is 3.75. The van der Waals surface area contributed by atoms with E-state index in [-0.39, 0.29) is 5.69 Å². The maximum absolute atomic E-state index is 13.4. The number of hydrogen-bond acceptors (Lipinski definition) is 2. The fraction of sp³-hybridized carbons (Fsp3) is 0.0714. The fourth-order valence-corrected chi connectivity index (χ4v) is 1.60. The average molecular weight is 262 g/mol. The molecule has 0 aromatic heterocycles. The SMILES string of the molecule is CNc1cccc(C(=O)Nc2cc(F)ccc2F)c1. The fourth-order valence-electron chi connectivity index (χ4n) is 1.60. The summed E-state index contributed by atoms with van der Waals surface area (Å²) in [6.45, 7) is 0. The van der Waals surface area contributed by atoms with E-state index in [0.717, 1.165) is 23.9 Å². The van der Waals surface area contributed by atoms with Crippen molar-refractivity contribution >= 4 is 17.3 Å². The number of carbonyl (C=O) groups excluding carboxylic acids is 1. The van der Waals surface area contributed by atoms with Gasteiger partial charge < -0.3 is 10.6 Å². The third kappa shape index (κ3) is 3.07. The lowest BCUT2D eigenvalue weighted by atomic mass is 10.2. The lowest BCUT2D eigenvalue weighted by molar-refractivity contribution is 0.102. The molecule has 0 aliphatic heterocycles. The number of carbonyl (C=O) groups is 1. The molecule has 0 unspecified atom stereocenters. The smallest absolute Gasteiger partial charge is 0.255 e. The van der Waals surface area contributed by atoms with Crippen molar-refractivity contribution in [2.45, 2.75) is 0 Å². The predicted molar refractivity (Wildman–Crippen MR) is 70.3 cm³/mol. The number of amides is 1. The number of benzene rings is 2. The van der Waals surface area contributed by atoms with Gasteiger partial charge in [0.05, 0.1) is 5.69 Å². The van der Waals surface area contributed by atoms with E-state index in [2.05, 4.69) is 10.6 Å². The molecule has 0 radical (unpaired) electrons. The van der Waals surface area contributed by atoms with Crippen LogP contribution in [0.5, 0.6) is 0 Å². The second kappa shape index (κ2) is 5.48. The lowest BCUT2D eigenvalue weighted by Gasteiger charge is -2.08. The van der Waals surface area contributed by atoms with Gasteiger partial charge in [0.1, 0.15) is 11.6 Å². The minimum absolute atomic E-state index is 0.181. The van der Waals surface area contributed by atoms with Gasteiger partial charge in [0.15, 0.2) is 0 Å². The van der Waals surface area contributed by atoms with E-state index in [1.165, 1.54) is 0 Å². The summed E-state index contributed by atoms with van der Waals surface area (Å²) in [4.78, 5) is 11.9. The van der Waals surface area contributed by atoms with Crippen molar-refractivity contribution in [3.63, 3.8) is 0 Å². The molecule has 0 heterocycles. The van der Waals surface area contributed by atoms with Crippen LogP contribution in [-0.4, -0.2) is 13.0 Å². The number of nitrogens with one attached hydrogen (secondary N) is 2. The largest absolute Gasteiger partial charge is 0.388 e. The molecule has 0 bridgehead atoms. The molecule has 0 fully saturated rings. The van der Waals surface area contributed by atoms with Crippen molar-refractivity contribution in [1.29, 1.82) is 0 Å². The Morgan fingerprint density at radius 3 is 2.63 bits per heavy atom. The van der Waals surface area contributed by atoms with Gasteiger partial charge in [-0.15, -0.1) is 0 Å². The highest BCUT2D eigenvalue weighted by molar-refractivity contribution is 6.04. The Morgan fingerprint density at radius 1 is 1.11 bits per heavy atom. The maximum Gasteiger partial charge on any atom is 0.255 e. The lowest BCUT2D eigenvalue weighted by Crippen LogP contribution is -2.13. The monoisotopic (exact) mass is 262 g/mol. The molecule has 3 nitrogen and oxygen atoms in total. The van der Waals surface area contributed by atoms with Crippen LogP contribution in [0.3, 0.4) is 0 Å². The van der Waals surface area contributed by atoms with Gasteiger partial charge in [-0.2, -0.15) is 0 Å². The number of anilines is 2. The molecular weight excluding hydrogens is 250 g/mol. The maximum atomic E-state index is 13.4. The van der Waals surface area contributed by atoms with Crippen molar-refractivity contribution in [3.8, 4) is 0 Å². The molecule has 98 valence electrons. The molecule has 0 aliphatic carbocycles. The Hall–Kier alpha value is -2.43. The summed E-state index contributed by atoms with van der Waals surface area (Å²) >= 11 is 0. The minimum Gasteiger partial charge on any atom is -0.388 e. The third-order valence-electron chi connectivity index (χ3n) is 2.59. The third-order valence-corrected chi connectivity index (χ3v) is 2.59. The molecular formula is C14H12F2N2O. The van der Waals surface area contributed by atoms with Crippen LogP contribution in [-0.2, 0) is 0 Å². The Bertz CT molecular complexity index is 614. The second-order valence-electron chi connectivity index (χ2n) is 3.91. The summed E-state index contributed by atoms with van der Waals surface area (Å²) in [5.74, 6) is -1.79. The van der Waals surface area contributed by atoms with Gasteiger partial charge in [-0.1, -0.05) is 6.07 Å². The van der Waals surface area contributed by atoms with Gasteiger partial charge in [-0.25, -0.2) is 8.78 Å². The van der Waals surface area contributed by atoms with Crippen LogP contribution in [0, 0.1) is 11.6 Å². The molecule has 0 aliphatic rings. The van der Waals surface area contributed by atoms with Crippen molar-refractivity contribution in [2.75, 3.05) is 17.7 Å². The first kappa shape index (κ1) is 13.0. The molecule has 0 atom stereocenters. The Labute approximate surface area is 109 Å². The van der Waals surface area contributed by atoms with E-state index in [9.17, 15) is 13.6 Å². The molecule has 0 spiro atoms. The van der Waals surface area contributed by atoms with E-state index >= 15 is 0 Å². The molecule has 19 heavy (non-hydrogen) atoms. The van der Waals surface area contributed by atoms with Gasteiger partial charge in [0, 0.05) is 24.4 Å². The van der Waals surface area contributed by atoms with Gasteiger partial charge >= 0.3 is 0 Å². The zero-order chi connectivity index (χ0) is 13.8. The van der Waals surface area contributed by atoms with Crippen molar-refractivity contribution in [1.82, 2.24) is 0 Å². The molecule has 0 saturated carbocycles. The second-order valence-corrected chi connectivity index (χ2v) is 3.91. The summed E-state index contributed by atoms with van der Waals surface area (Å²) < 4.78 is 26.4. The first-order valence-corrected chi connectivity index (χ1v) is 5.64. The zero-order valence-electron chi connectivity index (χ0n) is 10.2. The average Bonchev–Trinajstić information content (AvgIpc) is 2.43. The van der Waals surface area contributed by atoms with E-state index < -0.39 is 17.5 Å². The highest BCUT2D eigenvalue weighted by Gasteiger charge is 2.10. The van der Waals surface area contributed by atoms with E-state index in [1.54, 1.807) is 31.3 Å². The molecule has 1 amide bonds. The Morgan fingerprint density at radius 2 is 1.89 bits per heavy atom. The molecule has 2 aromatic rings. The van der Waals surface area contributed by atoms with Crippen LogP contribution in [0.1, 0.15) is 10.4 Å². The van der Waals surface area contributed by atoms with Gasteiger partial charge in [-0.3, -0.25) is 4.79 Å². The Balaban J connectivity index is 2.22. The number of rotatable bonds is 3. The summed E-state index contributed by atoms with van der Waals surface area (Å²) in [5, 5.41) is 5.23.